The van der Waals surface area contributed by atoms with Crippen molar-refractivity contribution in [3.05, 3.63) is 34.9 Å². The molecular formula is C13H18ClN3O. The fourth-order valence-corrected chi connectivity index (χ4v) is 2.13. The number of rotatable bonds is 3. The maximum atomic E-state index is 10.1. The summed E-state index contributed by atoms with van der Waals surface area (Å²) in [6.45, 7) is 2.28. The Hall–Kier alpha value is -1.26. The molecule has 18 heavy (non-hydrogen) atoms. The van der Waals surface area contributed by atoms with Crippen LogP contribution in [0.15, 0.2) is 29.3 Å². The first kappa shape index (κ1) is 13.2. The summed E-state index contributed by atoms with van der Waals surface area (Å²) < 4.78 is 0. The van der Waals surface area contributed by atoms with Crippen molar-refractivity contribution < 1.29 is 5.11 Å². The standard InChI is InChI=1S/C13H18ClN3O/c1-17-7-3-6-15-13(17)16-9-12(18)10-4-2-5-11(14)8-10/h2,4-5,8,12,18H,3,6-7,9H2,1H3,(H,15,16)/t12-/m1/s1. The Kier molecular flexibility index (Phi) is 4.44. The van der Waals surface area contributed by atoms with Crippen molar-refractivity contribution in [1.29, 1.82) is 0 Å². The van der Waals surface area contributed by atoms with E-state index >= 15 is 0 Å². The van der Waals surface area contributed by atoms with Crippen LogP contribution in [0.1, 0.15) is 18.1 Å². The zero-order valence-corrected chi connectivity index (χ0v) is 11.2. The molecule has 0 aromatic heterocycles. The van der Waals surface area contributed by atoms with Crippen molar-refractivity contribution in [2.75, 3.05) is 26.7 Å². The summed E-state index contributed by atoms with van der Waals surface area (Å²) in [5, 5.41) is 13.9. The fourth-order valence-electron chi connectivity index (χ4n) is 1.93. The van der Waals surface area contributed by atoms with Crippen LogP contribution in [0.4, 0.5) is 0 Å². The van der Waals surface area contributed by atoms with Crippen LogP contribution < -0.4 is 5.32 Å². The molecule has 98 valence electrons. The number of halogens is 1. The zero-order chi connectivity index (χ0) is 13.0. The predicted molar refractivity (Wildman–Crippen MR) is 74.0 cm³/mol. The van der Waals surface area contributed by atoms with Crippen molar-refractivity contribution in [1.82, 2.24) is 10.2 Å². The summed E-state index contributed by atoms with van der Waals surface area (Å²) in [5.41, 5.74) is 0.814. The first-order chi connectivity index (χ1) is 8.66. The Balaban J connectivity index is 1.92. The lowest BCUT2D eigenvalue weighted by molar-refractivity contribution is 0.179. The maximum Gasteiger partial charge on any atom is 0.193 e. The Morgan fingerprint density at radius 1 is 1.56 bits per heavy atom. The molecule has 2 rings (SSSR count). The van der Waals surface area contributed by atoms with Gasteiger partial charge in [-0.1, -0.05) is 23.7 Å². The SMILES string of the molecule is CN1CCCN=C1NC[C@@H](O)c1cccc(Cl)c1. The topological polar surface area (TPSA) is 47.9 Å². The molecule has 1 aromatic rings. The molecule has 0 saturated heterocycles. The second-order valence-corrected chi connectivity index (χ2v) is 4.87. The number of aliphatic hydroxyl groups is 1. The minimum absolute atomic E-state index is 0.434. The van der Waals surface area contributed by atoms with E-state index in [4.69, 9.17) is 11.6 Å². The Morgan fingerprint density at radius 3 is 3.11 bits per heavy atom. The van der Waals surface area contributed by atoms with E-state index in [9.17, 15) is 5.11 Å². The molecule has 1 aliphatic heterocycles. The molecule has 1 atom stereocenters. The Labute approximate surface area is 112 Å². The third-order valence-electron chi connectivity index (χ3n) is 2.96. The number of benzene rings is 1. The lowest BCUT2D eigenvalue weighted by Gasteiger charge is -2.26. The average Bonchev–Trinajstić information content (AvgIpc) is 2.37. The molecule has 4 nitrogen and oxygen atoms in total. The van der Waals surface area contributed by atoms with Gasteiger partial charge >= 0.3 is 0 Å². The van der Waals surface area contributed by atoms with Gasteiger partial charge in [0.05, 0.1) is 6.10 Å². The van der Waals surface area contributed by atoms with E-state index in [1.54, 1.807) is 12.1 Å². The summed E-state index contributed by atoms with van der Waals surface area (Å²) in [7, 11) is 2.00. The number of hydrogen-bond donors (Lipinski definition) is 2. The van der Waals surface area contributed by atoms with Gasteiger partial charge in [0, 0.05) is 31.7 Å². The molecule has 0 spiro atoms. The average molecular weight is 268 g/mol. The number of guanidine groups is 1. The number of nitrogens with one attached hydrogen (secondary N) is 1. The van der Waals surface area contributed by atoms with E-state index in [-0.39, 0.29) is 0 Å². The molecule has 0 unspecified atom stereocenters. The van der Waals surface area contributed by atoms with Gasteiger partial charge in [0.15, 0.2) is 5.96 Å². The fraction of sp³-hybridized carbons (Fsp3) is 0.462. The van der Waals surface area contributed by atoms with Gasteiger partial charge in [0.2, 0.25) is 0 Å². The third kappa shape index (κ3) is 3.37. The molecule has 0 radical (unpaired) electrons. The van der Waals surface area contributed by atoms with Gasteiger partial charge in [0.25, 0.3) is 0 Å². The molecule has 0 saturated carbocycles. The largest absolute Gasteiger partial charge is 0.387 e. The van der Waals surface area contributed by atoms with Crippen LogP contribution in [-0.2, 0) is 0 Å². The van der Waals surface area contributed by atoms with Crippen LogP contribution in [0.3, 0.4) is 0 Å². The van der Waals surface area contributed by atoms with Crippen LogP contribution in [0.25, 0.3) is 0 Å². The smallest absolute Gasteiger partial charge is 0.193 e. The summed E-state index contributed by atoms with van der Waals surface area (Å²) in [4.78, 5) is 6.45. The van der Waals surface area contributed by atoms with Crippen molar-refractivity contribution in [2.45, 2.75) is 12.5 Å². The summed E-state index contributed by atoms with van der Waals surface area (Å²) >= 11 is 5.90. The van der Waals surface area contributed by atoms with Crippen molar-refractivity contribution >= 4 is 17.6 Å². The van der Waals surface area contributed by atoms with Crippen LogP contribution in [0.2, 0.25) is 5.02 Å². The number of nitrogens with zero attached hydrogens (tertiary/aromatic N) is 2. The van der Waals surface area contributed by atoms with E-state index in [2.05, 4.69) is 15.2 Å². The minimum Gasteiger partial charge on any atom is -0.387 e. The molecule has 5 heteroatoms. The first-order valence-corrected chi connectivity index (χ1v) is 6.47. The van der Waals surface area contributed by atoms with Gasteiger partial charge in [-0.25, -0.2) is 0 Å². The van der Waals surface area contributed by atoms with Gasteiger partial charge < -0.3 is 15.3 Å². The molecule has 0 bridgehead atoms. The Morgan fingerprint density at radius 2 is 2.39 bits per heavy atom. The van der Waals surface area contributed by atoms with Gasteiger partial charge in [-0.2, -0.15) is 0 Å². The van der Waals surface area contributed by atoms with Crippen LogP contribution in [0.5, 0.6) is 0 Å². The van der Waals surface area contributed by atoms with E-state index in [0.717, 1.165) is 31.0 Å². The maximum absolute atomic E-state index is 10.1. The molecule has 1 heterocycles. The van der Waals surface area contributed by atoms with E-state index < -0.39 is 6.10 Å². The quantitative estimate of drug-likeness (QED) is 0.876. The van der Waals surface area contributed by atoms with Crippen LogP contribution >= 0.6 is 11.6 Å². The third-order valence-corrected chi connectivity index (χ3v) is 3.20. The van der Waals surface area contributed by atoms with Gasteiger partial charge in [0.1, 0.15) is 0 Å². The second kappa shape index (κ2) is 6.07. The minimum atomic E-state index is -0.582. The summed E-state index contributed by atoms with van der Waals surface area (Å²) in [6, 6.07) is 7.28. The highest BCUT2D eigenvalue weighted by Crippen LogP contribution is 2.17. The van der Waals surface area contributed by atoms with Crippen molar-refractivity contribution in [3.8, 4) is 0 Å². The lowest BCUT2D eigenvalue weighted by Crippen LogP contribution is -2.43. The summed E-state index contributed by atoms with van der Waals surface area (Å²) in [6.07, 6.45) is 0.500. The molecular weight excluding hydrogens is 250 g/mol. The first-order valence-electron chi connectivity index (χ1n) is 6.10. The summed E-state index contributed by atoms with van der Waals surface area (Å²) in [5.74, 6) is 0.849. The number of hydrogen-bond acceptors (Lipinski definition) is 4. The lowest BCUT2D eigenvalue weighted by atomic mass is 10.1. The highest BCUT2D eigenvalue weighted by molar-refractivity contribution is 6.30. The molecule has 1 aliphatic rings. The predicted octanol–water partition coefficient (Wildman–Crippen LogP) is 1.65. The molecule has 2 N–H and O–H groups in total. The Bertz CT molecular complexity index is 436. The van der Waals surface area contributed by atoms with Crippen LogP contribution in [0, 0.1) is 0 Å². The molecule has 0 amide bonds. The van der Waals surface area contributed by atoms with Gasteiger partial charge in [-0.3, -0.25) is 4.99 Å². The molecule has 0 aliphatic carbocycles. The van der Waals surface area contributed by atoms with E-state index in [1.165, 1.54) is 0 Å². The molecule has 1 aromatic carbocycles. The zero-order valence-electron chi connectivity index (χ0n) is 10.4. The molecule has 0 fully saturated rings. The van der Waals surface area contributed by atoms with Gasteiger partial charge in [-0.15, -0.1) is 0 Å². The number of aliphatic imine (C=N–C) groups is 1. The van der Waals surface area contributed by atoms with Gasteiger partial charge in [-0.05, 0) is 24.1 Å². The van der Waals surface area contributed by atoms with Crippen LogP contribution in [-0.4, -0.2) is 42.6 Å². The van der Waals surface area contributed by atoms with Crippen molar-refractivity contribution in [3.63, 3.8) is 0 Å². The van der Waals surface area contributed by atoms with E-state index in [1.807, 2.05) is 19.2 Å². The van der Waals surface area contributed by atoms with Crippen molar-refractivity contribution in [2.24, 2.45) is 4.99 Å². The second-order valence-electron chi connectivity index (χ2n) is 4.43. The normalized spacial score (nSPS) is 17.3. The highest BCUT2D eigenvalue weighted by atomic mass is 35.5. The monoisotopic (exact) mass is 267 g/mol. The highest BCUT2D eigenvalue weighted by Gasteiger charge is 2.13. The number of aliphatic hydroxyl groups excluding tert-OH is 1. The van der Waals surface area contributed by atoms with E-state index in [0.29, 0.717) is 11.6 Å².